The highest BCUT2D eigenvalue weighted by Crippen LogP contribution is 2.36. The molecule has 1 heterocycles. The molecular formula is C34H37NO. The van der Waals surface area contributed by atoms with Crippen LogP contribution in [0.5, 0.6) is 0 Å². The second kappa shape index (κ2) is 9.93. The molecule has 0 aliphatic heterocycles. The van der Waals surface area contributed by atoms with Gasteiger partial charge in [0.2, 0.25) is 0 Å². The molecule has 36 heavy (non-hydrogen) atoms. The normalized spacial score (nSPS) is 12.6. The minimum atomic E-state index is 0.114. The van der Waals surface area contributed by atoms with E-state index in [1.54, 1.807) is 0 Å². The van der Waals surface area contributed by atoms with Crippen LogP contribution in [0.1, 0.15) is 72.1 Å². The summed E-state index contributed by atoms with van der Waals surface area (Å²) in [4.78, 5) is 13.7. The summed E-state index contributed by atoms with van der Waals surface area (Å²) < 4.78 is 2.54. The van der Waals surface area contributed by atoms with Gasteiger partial charge >= 0.3 is 0 Å². The van der Waals surface area contributed by atoms with Crippen LogP contribution in [0.25, 0.3) is 32.6 Å². The third kappa shape index (κ3) is 4.23. The number of ketones is 1. The fourth-order valence-corrected chi connectivity index (χ4v) is 6.06. The van der Waals surface area contributed by atoms with Gasteiger partial charge in [0.25, 0.3) is 0 Å². The summed E-state index contributed by atoms with van der Waals surface area (Å²) in [5.41, 5.74) is 7.42. The van der Waals surface area contributed by atoms with Gasteiger partial charge in [-0.3, -0.25) is 4.79 Å². The van der Waals surface area contributed by atoms with Crippen LogP contribution in [-0.2, 0) is 6.54 Å². The lowest BCUT2D eigenvalue weighted by molar-refractivity contribution is 0.103. The van der Waals surface area contributed by atoms with Crippen molar-refractivity contribution in [1.82, 2.24) is 4.57 Å². The molecule has 1 unspecified atom stereocenters. The van der Waals surface area contributed by atoms with Crippen molar-refractivity contribution in [2.24, 2.45) is 5.92 Å². The largest absolute Gasteiger partial charge is 0.340 e. The van der Waals surface area contributed by atoms with Crippen LogP contribution in [0.3, 0.4) is 0 Å². The van der Waals surface area contributed by atoms with Gasteiger partial charge in [0.05, 0.1) is 5.52 Å². The zero-order chi connectivity index (χ0) is 25.4. The summed E-state index contributed by atoms with van der Waals surface area (Å²) in [5.74, 6) is 0.754. The molecule has 1 atom stereocenters. The average Bonchev–Trinajstić information content (AvgIpc) is 3.18. The number of aryl methyl sites for hydroxylation is 3. The van der Waals surface area contributed by atoms with Crippen molar-refractivity contribution in [3.8, 4) is 0 Å². The molecule has 2 nitrogen and oxygen atoms in total. The van der Waals surface area contributed by atoms with E-state index in [2.05, 4.69) is 86.0 Å². The lowest BCUT2D eigenvalue weighted by Gasteiger charge is -2.18. The molecule has 4 aromatic carbocycles. The van der Waals surface area contributed by atoms with E-state index in [1.807, 2.05) is 19.9 Å². The van der Waals surface area contributed by atoms with Gasteiger partial charge in [0.15, 0.2) is 5.78 Å². The minimum absolute atomic E-state index is 0.114. The van der Waals surface area contributed by atoms with E-state index in [0.717, 1.165) is 28.8 Å². The maximum atomic E-state index is 13.7. The number of aromatic nitrogens is 1. The maximum absolute atomic E-state index is 13.7. The number of carbonyl (C=O) groups is 1. The Morgan fingerprint density at radius 3 is 2.31 bits per heavy atom. The predicted octanol–water partition coefficient (Wildman–Crippen LogP) is 9.32. The van der Waals surface area contributed by atoms with Crippen molar-refractivity contribution in [2.75, 3.05) is 0 Å². The first-order valence-corrected chi connectivity index (χ1v) is 13.5. The number of unbranched alkanes of at least 4 members (excludes halogenated alkanes) is 1. The van der Waals surface area contributed by atoms with E-state index in [1.165, 1.54) is 63.8 Å². The predicted molar refractivity (Wildman–Crippen MR) is 154 cm³/mol. The smallest absolute Gasteiger partial charge is 0.193 e. The molecular weight excluding hydrogens is 438 g/mol. The maximum Gasteiger partial charge on any atom is 0.193 e. The van der Waals surface area contributed by atoms with Gasteiger partial charge < -0.3 is 4.57 Å². The van der Waals surface area contributed by atoms with E-state index >= 15 is 0 Å². The van der Waals surface area contributed by atoms with Gasteiger partial charge in [-0.25, -0.2) is 0 Å². The Morgan fingerprint density at radius 1 is 0.833 bits per heavy atom. The molecule has 0 aliphatic carbocycles. The van der Waals surface area contributed by atoms with Crippen molar-refractivity contribution in [2.45, 2.75) is 66.8 Å². The van der Waals surface area contributed by atoms with Crippen LogP contribution in [0, 0.1) is 26.7 Å². The lowest BCUT2D eigenvalue weighted by Crippen LogP contribution is -2.10. The molecule has 5 aromatic rings. The number of benzene rings is 4. The Hall–Kier alpha value is -3.39. The van der Waals surface area contributed by atoms with Crippen LogP contribution in [-0.4, -0.2) is 10.4 Å². The molecule has 0 saturated carbocycles. The second-order valence-corrected chi connectivity index (χ2v) is 10.5. The van der Waals surface area contributed by atoms with Crippen LogP contribution in [0.2, 0.25) is 0 Å². The first-order valence-electron chi connectivity index (χ1n) is 13.5. The van der Waals surface area contributed by atoms with Gasteiger partial charge in [-0.2, -0.15) is 0 Å². The van der Waals surface area contributed by atoms with Crippen molar-refractivity contribution in [3.05, 3.63) is 94.5 Å². The number of rotatable bonds is 8. The van der Waals surface area contributed by atoms with Gasteiger partial charge in [-0.05, 0) is 67.8 Å². The van der Waals surface area contributed by atoms with Crippen molar-refractivity contribution in [3.63, 3.8) is 0 Å². The van der Waals surface area contributed by atoms with Gasteiger partial charge in [0, 0.05) is 39.3 Å². The van der Waals surface area contributed by atoms with Crippen molar-refractivity contribution >= 4 is 38.4 Å². The van der Waals surface area contributed by atoms with Crippen molar-refractivity contribution < 1.29 is 4.79 Å². The summed E-state index contributed by atoms with van der Waals surface area (Å²) in [7, 11) is 0. The molecule has 0 amide bonds. The van der Waals surface area contributed by atoms with Crippen LogP contribution < -0.4 is 0 Å². The zero-order valence-electron chi connectivity index (χ0n) is 22.3. The summed E-state index contributed by atoms with van der Waals surface area (Å²) in [5, 5.41) is 4.96. The van der Waals surface area contributed by atoms with Gasteiger partial charge in [-0.15, -0.1) is 0 Å². The number of carbonyl (C=O) groups excluding carboxylic acids is 1. The quantitative estimate of drug-likeness (QED) is 0.205. The Balaban J connectivity index is 1.72. The topological polar surface area (TPSA) is 22.0 Å². The van der Waals surface area contributed by atoms with Crippen LogP contribution in [0.4, 0.5) is 0 Å². The van der Waals surface area contributed by atoms with Gasteiger partial charge in [0.1, 0.15) is 0 Å². The fourth-order valence-electron chi connectivity index (χ4n) is 6.06. The van der Waals surface area contributed by atoms with E-state index < -0.39 is 0 Å². The van der Waals surface area contributed by atoms with E-state index in [-0.39, 0.29) is 5.78 Å². The molecule has 0 aliphatic rings. The van der Waals surface area contributed by atoms with Crippen LogP contribution >= 0.6 is 0 Å². The number of hydrogen-bond acceptors (Lipinski definition) is 1. The Labute approximate surface area is 214 Å². The third-order valence-corrected chi connectivity index (χ3v) is 7.90. The SMILES string of the molecule is CCCCC(CC)Cn1c2ccc(C(=O)c3c(C)cc(C)cc3C)cc2c2ccc3ccccc3c21. The van der Waals surface area contributed by atoms with Gasteiger partial charge in [-0.1, -0.05) is 87.2 Å². The number of nitrogens with zero attached hydrogens (tertiary/aromatic N) is 1. The highest BCUT2D eigenvalue weighted by molar-refractivity contribution is 6.20. The van der Waals surface area contributed by atoms with E-state index in [4.69, 9.17) is 0 Å². The molecule has 0 spiro atoms. The Bertz CT molecular complexity index is 1560. The number of fused-ring (bicyclic) bond motifs is 5. The summed E-state index contributed by atoms with van der Waals surface area (Å²) in [6, 6.07) is 23.7. The molecule has 0 saturated heterocycles. The Kier molecular flexibility index (Phi) is 6.71. The summed E-state index contributed by atoms with van der Waals surface area (Å²) >= 11 is 0. The molecule has 0 fully saturated rings. The average molecular weight is 476 g/mol. The third-order valence-electron chi connectivity index (χ3n) is 7.90. The molecule has 5 rings (SSSR count). The highest BCUT2D eigenvalue weighted by Gasteiger charge is 2.20. The molecule has 0 bridgehead atoms. The zero-order valence-corrected chi connectivity index (χ0v) is 22.3. The van der Waals surface area contributed by atoms with Crippen molar-refractivity contribution in [1.29, 1.82) is 0 Å². The van der Waals surface area contributed by atoms with Crippen LogP contribution in [0.15, 0.2) is 66.7 Å². The summed E-state index contributed by atoms with van der Waals surface area (Å²) in [6.07, 6.45) is 4.93. The molecule has 2 heteroatoms. The van der Waals surface area contributed by atoms with E-state index in [0.29, 0.717) is 5.92 Å². The Morgan fingerprint density at radius 2 is 1.58 bits per heavy atom. The summed E-state index contributed by atoms with van der Waals surface area (Å²) in [6.45, 7) is 11.8. The first kappa shape index (κ1) is 24.3. The highest BCUT2D eigenvalue weighted by atomic mass is 16.1. The standard InChI is InChI=1S/C34H37NO/c1-6-8-11-25(7-2)21-35-31-17-15-27(34(36)32-23(4)18-22(3)19-24(32)5)20-30(31)29-16-14-26-12-9-10-13-28(26)33(29)35/h9-10,12-20,25H,6-8,11,21H2,1-5H3. The molecule has 184 valence electrons. The fraction of sp³-hybridized carbons (Fsp3) is 0.324. The first-order chi connectivity index (χ1) is 17.4. The second-order valence-electron chi connectivity index (χ2n) is 10.5. The molecule has 1 aromatic heterocycles. The molecule has 0 radical (unpaired) electrons. The minimum Gasteiger partial charge on any atom is -0.340 e. The molecule has 0 N–H and O–H groups in total. The number of hydrogen-bond donors (Lipinski definition) is 0. The lowest BCUT2D eigenvalue weighted by atomic mass is 9.92. The van der Waals surface area contributed by atoms with E-state index in [9.17, 15) is 4.79 Å². The monoisotopic (exact) mass is 475 g/mol.